The zero-order valence-corrected chi connectivity index (χ0v) is 18.3. The largest absolute Gasteiger partial charge is 0.416 e. The average Bonchev–Trinajstić information content (AvgIpc) is 3.13. The monoisotopic (exact) mass is 455 g/mol. The molecule has 0 bridgehead atoms. The molecule has 0 saturated heterocycles. The van der Waals surface area contributed by atoms with Crippen LogP contribution in [0.5, 0.6) is 0 Å². The minimum Gasteiger partial charge on any atom is -0.309 e. The highest BCUT2D eigenvalue weighted by Crippen LogP contribution is 2.36. The number of carbonyl (C=O) groups is 1. The minimum absolute atomic E-state index is 0.176. The molecule has 160 valence electrons. The van der Waals surface area contributed by atoms with Crippen molar-refractivity contribution in [2.45, 2.75) is 19.5 Å². The van der Waals surface area contributed by atoms with Crippen LogP contribution in [-0.2, 0) is 6.18 Å². The molecule has 2 aromatic carbocycles. The van der Waals surface area contributed by atoms with Gasteiger partial charge in [0.2, 0.25) is 0 Å². The summed E-state index contributed by atoms with van der Waals surface area (Å²) >= 11 is 7.61. The third-order valence-electron chi connectivity index (χ3n) is 4.61. The first-order chi connectivity index (χ1) is 14.1. The Balaban J connectivity index is 1.97. The van der Waals surface area contributed by atoms with Crippen LogP contribution < -0.4 is 4.90 Å². The molecule has 3 aromatic rings. The van der Waals surface area contributed by atoms with E-state index >= 15 is 0 Å². The number of halogens is 4. The van der Waals surface area contributed by atoms with Gasteiger partial charge >= 0.3 is 6.18 Å². The Hall–Kier alpha value is -2.16. The van der Waals surface area contributed by atoms with E-state index in [-0.39, 0.29) is 5.56 Å². The SMILES string of the molecule is Cc1ccc(Cl)c2sc(N(CCCN(C)C)C(=O)c3ccc(C(F)(F)F)cc3)nc12. The number of benzene rings is 2. The van der Waals surface area contributed by atoms with Gasteiger partial charge < -0.3 is 4.90 Å². The lowest BCUT2D eigenvalue weighted by Crippen LogP contribution is -2.33. The molecule has 9 heteroatoms. The van der Waals surface area contributed by atoms with Gasteiger partial charge in [0.1, 0.15) is 0 Å². The number of anilines is 1. The van der Waals surface area contributed by atoms with E-state index in [0.717, 1.165) is 34.5 Å². The fourth-order valence-electron chi connectivity index (χ4n) is 2.99. The number of fused-ring (bicyclic) bond motifs is 1. The molecular weight excluding hydrogens is 435 g/mol. The normalized spacial score (nSPS) is 12.0. The molecule has 1 aromatic heterocycles. The summed E-state index contributed by atoms with van der Waals surface area (Å²) < 4.78 is 39.4. The van der Waals surface area contributed by atoms with Gasteiger partial charge in [-0.05, 0) is 69.9 Å². The number of hydrogen-bond donors (Lipinski definition) is 0. The van der Waals surface area contributed by atoms with Gasteiger partial charge in [-0.15, -0.1) is 0 Å². The fraction of sp³-hybridized carbons (Fsp3) is 0.333. The molecule has 0 aliphatic heterocycles. The molecule has 0 spiro atoms. The molecule has 3 rings (SSSR count). The molecule has 0 fully saturated rings. The van der Waals surface area contributed by atoms with Crippen molar-refractivity contribution in [1.82, 2.24) is 9.88 Å². The van der Waals surface area contributed by atoms with Crippen molar-refractivity contribution in [3.05, 3.63) is 58.1 Å². The standard InChI is InChI=1S/C21H21ClF3N3OS/c1-13-5-10-16(22)18-17(13)26-20(30-18)28(12-4-11-27(2)3)19(29)14-6-8-15(9-7-14)21(23,24)25/h5-10H,4,11-12H2,1-3H3. The smallest absolute Gasteiger partial charge is 0.309 e. The first kappa shape index (κ1) is 22.5. The fourth-order valence-corrected chi connectivity index (χ4v) is 4.33. The number of aryl methyl sites for hydroxylation is 1. The van der Waals surface area contributed by atoms with Crippen molar-refractivity contribution in [3.8, 4) is 0 Å². The van der Waals surface area contributed by atoms with Crippen molar-refractivity contribution in [2.75, 3.05) is 32.1 Å². The first-order valence-electron chi connectivity index (χ1n) is 9.27. The summed E-state index contributed by atoms with van der Waals surface area (Å²) in [6.45, 7) is 3.05. The second-order valence-corrected chi connectivity index (χ2v) is 8.61. The summed E-state index contributed by atoms with van der Waals surface area (Å²) in [4.78, 5) is 21.3. The summed E-state index contributed by atoms with van der Waals surface area (Å²) in [6, 6.07) is 7.90. The van der Waals surface area contributed by atoms with E-state index in [1.807, 2.05) is 32.0 Å². The van der Waals surface area contributed by atoms with Gasteiger partial charge in [0, 0.05) is 12.1 Å². The molecule has 0 atom stereocenters. The van der Waals surface area contributed by atoms with Crippen LogP contribution in [0.1, 0.15) is 27.9 Å². The van der Waals surface area contributed by atoms with E-state index in [1.54, 1.807) is 6.07 Å². The van der Waals surface area contributed by atoms with E-state index in [4.69, 9.17) is 11.6 Å². The van der Waals surface area contributed by atoms with Crippen LogP contribution in [0, 0.1) is 6.92 Å². The minimum atomic E-state index is -4.45. The molecule has 1 heterocycles. The van der Waals surface area contributed by atoms with Gasteiger partial charge in [-0.25, -0.2) is 4.98 Å². The molecule has 0 aliphatic carbocycles. The predicted octanol–water partition coefficient (Wildman–Crippen LogP) is 5.88. The molecule has 0 saturated carbocycles. The summed E-state index contributed by atoms with van der Waals surface area (Å²) in [5.74, 6) is -0.393. The topological polar surface area (TPSA) is 36.4 Å². The molecule has 4 nitrogen and oxygen atoms in total. The maximum Gasteiger partial charge on any atom is 0.416 e. The molecular formula is C21H21ClF3N3OS. The van der Waals surface area contributed by atoms with E-state index in [2.05, 4.69) is 4.98 Å². The highest BCUT2D eigenvalue weighted by molar-refractivity contribution is 7.23. The number of rotatable bonds is 6. The maximum absolute atomic E-state index is 13.2. The third kappa shape index (κ3) is 4.94. The molecule has 1 amide bonds. The van der Waals surface area contributed by atoms with Gasteiger partial charge in [-0.3, -0.25) is 9.69 Å². The van der Waals surface area contributed by atoms with Crippen molar-refractivity contribution in [1.29, 1.82) is 0 Å². The van der Waals surface area contributed by atoms with Gasteiger partial charge in [-0.2, -0.15) is 13.2 Å². The molecule has 0 N–H and O–H groups in total. The Bertz CT molecular complexity index is 1010. The van der Waals surface area contributed by atoms with E-state index < -0.39 is 17.6 Å². The molecule has 0 aliphatic rings. The Labute approximate surface area is 181 Å². The summed E-state index contributed by atoms with van der Waals surface area (Å²) in [6.07, 6.45) is -3.77. The summed E-state index contributed by atoms with van der Waals surface area (Å²) in [7, 11) is 3.87. The predicted molar refractivity (Wildman–Crippen MR) is 116 cm³/mol. The molecule has 0 radical (unpaired) electrons. The number of thiazole rings is 1. The maximum atomic E-state index is 13.2. The van der Waals surface area contributed by atoms with E-state index in [1.165, 1.54) is 28.4 Å². The van der Waals surface area contributed by atoms with Crippen LogP contribution in [0.2, 0.25) is 5.02 Å². The Morgan fingerprint density at radius 3 is 2.33 bits per heavy atom. The highest BCUT2D eigenvalue weighted by Gasteiger charge is 2.31. The molecule has 30 heavy (non-hydrogen) atoms. The average molecular weight is 456 g/mol. The van der Waals surface area contributed by atoms with E-state index in [9.17, 15) is 18.0 Å². The summed E-state index contributed by atoms with van der Waals surface area (Å²) in [5.41, 5.74) is 1.04. The second kappa shape index (κ2) is 8.91. The molecule has 0 unspecified atom stereocenters. The van der Waals surface area contributed by atoms with Crippen molar-refractivity contribution < 1.29 is 18.0 Å². The van der Waals surface area contributed by atoms with Crippen LogP contribution in [0.15, 0.2) is 36.4 Å². The van der Waals surface area contributed by atoms with Gasteiger partial charge in [0.05, 0.1) is 20.8 Å². The van der Waals surface area contributed by atoms with Crippen LogP contribution in [-0.4, -0.2) is 43.0 Å². The lowest BCUT2D eigenvalue weighted by Gasteiger charge is -2.21. The Morgan fingerprint density at radius 1 is 1.10 bits per heavy atom. The quantitative estimate of drug-likeness (QED) is 0.466. The van der Waals surface area contributed by atoms with Crippen LogP contribution >= 0.6 is 22.9 Å². The summed E-state index contributed by atoms with van der Waals surface area (Å²) in [5, 5.41) is 1.03. The Morgan fingerprint density at radius 2 is 1.77 bits per heavy atom. The van der Waals surface area contributed by atoms with Crippen molar-refractivity contribution in [3.63, 3.8) is 0 Å². The number of nitrogens with zero attached hydrogens (tertiary/aromatic N) is 3. The Kier molecular flexibility index (Phi) is 6.69. The number of carbonyl (C=O) groups excluding carboxylic acids is 1. The highest BCUT2D eigenvalue weighted by atomic mass is 35.5. The number of aromatic nitrogens is 1. The van der Waals surface area contributed by atoms with Gasteiger partial charge in [-0.1, -0.05) is 29.0 Å². The van der Waals surface area contributed by atoms with E-state index in [0.29, 0.717) is 23.1 Å². The number of amides is 1. The lowest BCUT2D eigenvalue weighted by molar-refractivity contribution is -0.137. The second-order valence-electron chi connectivity index (χ2n) is 7.23. The van der Waals surface area contributed by atoms with Crippen LogP contribution in [0.4, 0.5) is 18.3 Å². The van der Waals surface area contributed by atoms with Gasteiger partial charge in [0.25, 0.3) is 5.91 Å². The number of hydrogen-bond acceptors (Lipinski definition) is 4. The van der Waals surface area contributed by atoms with Gasteiger partial charge in [0.15, 0.2) is 5.13 Å². The third-order valence-corrected chi connectivity index (χ3v) is 6.15. The van der Waals surface area contributed by atoms with Crippen LogP contribution in [0.25, 0.3) is 10.2 Å². The van der Waals surface area contributed by atoms with Crippen LogP contribution in [0.3, 0.4) is 0 Å². The first-order valence-corrected chi connectivity index (χ1v) is 10.5. The number of alkyl halides is 3. The zero-order chi connectivity index (χ0) is 22.1. The zero-order valence-electron chi connectivity index (χ0n) is 16.8. The van der Waals surface area contributed by atoms with Crippen molar-refractivity contribution >= 4 is 44.2 Å². The lowest BCUT2D eigenvalue weighted by atomic mass is 10.1. The van der Waals surface area contributed by atoms with Crippen molar-refractivity contribution in [2.24, 2.45) is 0 Å².